The lowest BCUT2D eigenvalue weighted by Gasteiger charge is -2.03. The lowest BCUT2D eigenvalue weighted by molar-refractivity contribution is 1.01. The number of thioether (sulfide) groups is 1. The Bertz CT molecular complexity index is 483. The highest BCUT2D eigenvalue weighted by atomic mass is 32.2. The number of nitrogens with zero attached hydrogens (tertiary/aromatic N) is 4. The van der Waals surface area contributed by atoms with Crippen LogP contribution >= 0.6 is 11.8 Å². The van der Waals surface area contributed by atoms with Gasteiger partial charge in [-0.3, -0.25) is 0 Å². The molecule has 2 heterocycles. The third-order valence-electron chi connectivity index (χ3n) is 2.04. The van der Waals surface area contributed by atoms with Gasteiger partial charge < -0.3 is 0 Å². The van der Waals surface area contributed by atoms with Crippen molar-refractivity contribution in [2.24, 2.45) is 0 Å². The summed E-state index contributed by atoms with van der Waals surface area (Å²) >= 11 is 1.56. The van der Waals surface area contributed by atoms with Crippen LogP contribution in [0.3, 0.4) is 0 Å². The highest BCUT2D eigenvalue weighted by molar-refractivity contribution is 7.98. The van der Waals surface area contributed by atoms with Gasteiger partial charge in [0.05, 0.1) is 11.4 Å². The minimum absolute atomic E-state index is 0.674. The quantitative estimate of drug-likeness (QED) is 0.525. The van der Waals surface area contributed by atoms with Gasteiger partial charge in [0.1, 0.15) is 16.9 Å². The molecule has 0 aromatic carbocycles. The van der Waals surface area contributed by atoms with Crippen molar-refractivity contribution in [1.29, 1.82) is 0 Å². The predicted octanol–water partition coefficient (Wildman–Crippen LogP) is 1.76. The van der Waals surface area contributed by atoms with Crippen molar-refractivity contribution in [3.05, 3.63) is 17.7 Å². The minimum atomic E-state index is 0.674. The Hall–Kier alpha value is -1.23. The summed E-state index contributed by atoms with van der Waals surface area (Å²) < 4.78 is 0. The maximum Gasteiger partial charge on any atom is 0.182 e. The second-order valence-electron chi connectivity index (χ2n) is 2.95. The van der Waals surface area contributed by atoms with E-state index in [0.717, 1.165) is 21.9 Å². The van der Waals surface area contributed by atoms with E-state index in [1.54, 1.807) is 11.8 Å². The Morgan fingerprint density at radius 1 is 1.07 bits per heavy atom. The van der Waals surface area contributed by atoms with Crippen molar-refractivity contribution in [3.63, 3.8) is 0 Å². The van der Waals surface area contributed by atoms with E-state index < -0.39 is 0 Å². The fraction of sp³-hybridized carbons (Fsp3) is 0.333. The van der Waals surface area contributed by atoms with Crippen molar-refractivity contribution in [2.45, 2.75) is 18.9 Å². The van der Waals surface area contributed by atoms with Crippen LogP contribution in [0.5, 0.6) is 0 Å². The summed E-state index contributed by atoms with van der Waals surface area (Å²) in [6, 6.07) is 0. The zero-order valence-corrected chi connectivity index (χ0v) is 9.09. The molecule has 0 radical (unpaired) electrons. The van der Waals surface area contributed by atoms with Gasteiger partial charge in [-0.2, -0.15) is 0 Å². The molecule has 5 heteroatoms. The molecule has 0 saturated carbocycles. The lowest BCUT2D eigenvalue weighted by Crippen LogP contribution is -1.97. The van der Waals surface area contributed by atoms with Gasteiger partial charge in [-0.25, -0.2) is 19.9 Å². The van der Waals surface area contributed by atoms with Crippen LogP contribution in [0.15, 0.2) is 11.4 Å². The topological polar surface area (TPSA) is 51.6 Å². The van der Waals surface area contributed by atoms with Crippen molar-refractivity contribution >= 4 is 22.9 Å². The molecule has 14 heavy (non-hydrogen) atoms. The molecule has 0 amide bonds. The van der Waals surface area contributed by atoms with Crippen LogP contribution in [0.1, 0.15) is 11.4 Å². The third-order valence-corrected chi connectivity index (χ3v) is 2.72. The van der Waals surface area contributed by atoms with Crippen molar-refractivity contribution < 1.29 is 0 Å². The van der Waals surface area contributed by atoms with Gasteiger partial charge in [0.25, 0.3) is 0 Å². The number of hydrogen-bond acceptors (Lipinski definition) is 5. The monoisotopic (exact) mass is 206 g/mol. The molecule has 0 aliphatic heterocycles. The van der Waals surface area contributed by atoms with Crippen LogP contribution in [0.4, 0.5) is 0 Å². The average Bonchev–Trinajstić information content (AvgIpc) is 2.19. The first-order chi connectivity index (χ1) is 6.72. The Morgan fingerprint density at radius 2 is 1.79 bits per heavy atom. The minimum Gasteiger partial charge on any atom is -0.245 e. The van der Waals surface area contributed by atoms with E-state index in [2.05, 4.69) is 19.9 Å². The van der Waals surface area contributed by atoms with E-state index in [1.165, 1.54) is 6.33 Å². The van der Waals surface area contributed by atoms with Gasteiger partial charge in [-0.15, -0.1) is 11.8 Å². The van der Waals surface area contributed by atoms with Gasteiger partial charge in [0, 0.05) is 0 Å². The molecular formula is C9H10N4S. The number of fused-ring (bicyclic) bond motifs is 1. The van der Waals surface area contributed by atoms with Gasteiger partial charge in [0.15, 0.2) is 5.65 Å². The largest absolute Gasteiger partial charge is 0.245 e. The van der Waals surface area contributed by atoms with Crippen molar-refractivity contribution in [2.75, 3.05) is 6.26 Å². The summed E-state index contributed by atoms with van der Waals surface area (Å²) in [7, 11) is 0. The number of hydrogen-bond donors (Lipinski definition) is 0. The Morgan fingerprint density at radius 3 is 2.50 bits per heavy atom. The molecule has 0 aliphatic carbocycles. The molecule has 0 saturated heterocycles. The summed E-state index contributed by atoms with van der Waals surface area (Å²) in [4.78, 5) is 17.0. The Balaban J connectivity index is 2.81. The first kappa shape index (κ1) is 9.33. The number of aromatic nitrogens is 4. The first-order valence-corrected chi connectivity index (χ1v) is 5.45. The summed E-state index contributed by atoms with van der Waals surface area (Å²) in [5.41, 5.74) is 3.32. The molecule has 4 nitrogen and oxygen atoms in total. The van der Waals surface area contributed by atoms with Crippen LogP contribution in [0.25, 0.3) is 11.2 Å². The standard InChI is InChI=1S/C9H10N4S/c1-5-6(2)13-8-7(12-5)9(14-3)11-4-10-8/h4H,1-3H3. The maximum absolute atomic E-state index is 4.44. The van der Waals surface area contributed by atoms with Gasteiger partial charge in [0.2, 0.25) is 0 Å². The van der Waals surface area contributed by atoms with Crippen molar-refractivity contribution in [1.82, 2.24) is 19.9 Å². The highest BCUT2D eigenvalue weighted by Crippen LogP contribution is 2.19. The normalized spacial score (nSPS) is 10.8. The van der Waals surface area contributed by atoms with Crippen LogP contribution in [0.2, 0.25) is 0 Å². The van der Waals surface area contributed by atoms with Crippen LogP contribution in [-0.4, -0.2) is 26.2 Å². The fourth-order valence-electron chi connectivity index (χ4n) is 1.17. The third kappa shape index (κ3) is 1.43. The molecule has 0 aliphatic rings. The zero-order valence-electron chi connectivity index (χ0n) is 8.27. The van der Waals surface area contributed by atoms with Crippen LogP contribution < -0.4 is 0 Å². The molecule has 0 unspecified atom stereocenters. The van der Waals surface area contributed by atoms with E-state index >= 15 is 0 Å². The summed E-state index contributed by atoms with van der Waals surface area (Å²) in [5.74, 6) is 0. The smallest absolute Gasteiger partial charge is 0.182 e. The number of rotatable bonds is 1. The Labute approximate surface area is 86.2 Å². The Kier molecular flexibility index (Phi) is 2.33. The van der Waals surface area contributed by atoms with E-state index in [0.29, 0.717) is 5.65 Å². The highest BCUT2D eigenvalue weighted by Gasteiger charge is 2.07. The molecule has 0 fully saturated rings. The number of aryl methyl sites for hydroxylation is 2. The van der Waals surface area contributed by atoms with E-state index in [9.17, 15) is 0 Å². The summed E-state index contributed by atoms with van der Waals surface area (Å²) in [6.07, 6.45) is 3.50. The maximum atomic E-state index is 4.44. The summed E-state index contributed by atoms with van der Waals surface area (Å²) in [6.45, 7) is 3.88. The summed E-state index contributed by atoms with van der Waals surface area (Å²) in [5, 5.41) is 0.880. The molecule has 0 spiro atoms. The van der Waals surface area contributed by atoms with Gasteiger partial charge >= 0.3 is 0 Å². The molecule has 2 aromatic rings. The average molecular weight is 206 g/mol. The molecule has 0 N–H and O–H groups in total. The van der Waals surface area contributed by atoms with E-state index in [-0.39, 0.29) is 0 Å². The molecular weight excluding hydrogens is 196 g/mol. The molecule has 2 aromatic heterocycles. The van der Waals surface area contributed by atoms with Crippen LogP contribution in [0, 0.1) is 13.8 Å². The van der Waals surface area contributed by atoms with E-state index in [1.807, 2.05) is 20.1 Å². The van der Waals surface area contributed by atoms with E-state index in [4.69, 9.17) is 0 Å². The van der Waals surface area contributed by atoms with Crippen LogP contribution in [-0.2, 0) is 0 Å². The second-order valence-corrected chi connectivity index (χ2v) is 3.74. The zero-order chi connectivity index (χ0) is 10.1. The fourth-order valence-corrected chi connectivity index (χ4v) is 1.65. The lowest BCUT2D eigenvalue weighted by atomic mass is 10.3. The predicted molar refractivity (Wildman–Crippen MR) is 56.4 cm³/mol. The SMILES string of the molecule is CSc1ncnc2nc(C)c(C)nc12. The molecule has 0 bridgehead atoms. The molecule has 72 valence electrons. The molecule has 2 rings (SSSR count). The van der Waals surface area contributed by atoms with Gasteiger partial charge in [-0.1, -0.05) is 0 Å². The van der Waals surface area contributed by atoms with Gasteiger partial charge in [-0.05, 0) is 20.1 Å². The first-order valence-electron chi connectivity index (χ1n) is 4.22. The second kappa shape index (κ2) is 3.49. The van der Waals surface area contributed by atoms with Crippen molar-refractivity contribution in [3.8, 4) is 0 Å². The molecule has 0 atom stereocenters.